The highest BCUT2D eigenvalue weighted by atomic mass is 19.4. The molecule has 0 radical (unpaired) electrons. The van der Waals surface area contributed by atoms with Crippen molar-refractivity contribution in [1.82, 2.24) is 14.8 Å². The molecule has 1 aromatic heterocycles. The van der Waals surface area contributed by atoms with Crippen molar-refractivity contribution in [2.45, 2.75) is 32.0 Å². The molecule has 1 unspecified atom stereocenters. The minimum Gasteiger partial charge on any atom is -0.321 e. The Kier molecular flexibility index (Phi) is 4.17. The molecule has 1 heterocycles. The van der Waals surface area contributed by atoms with Crippen LogP contribution in [0.4, 0.5) is 13.2 Å². The highest BCUT2D eigenvalue weighted by Gasteiger charge is 2.35. The van der Waals surface area contributed by atoms with Crippen LogP contribution in [-0.4, -0.2) is 14.8 Å². The van der Waals surface area contributed by atoms with Crippen molar-refractivity contribution in [3.05, 3.63) is 46.1 Å². The van der Waals surface area contributed by atoms with Gasteiger partial charge in [-0.3, -0.25) is 0 Å². The second-order valence-electron chi connectivity index (χ2n) is 4.63. The zero-order valence-electron chi connectivity index (χ0n) is 11.3. The van der Waals surface area contributed by atoms with Gasteiger partial charge in [0.2, 0.25) is 0 Å². The second kappa shape index (κ2) is 5.72. The van der Waals surface area contributed by atoms with E-state index in [0.29, 0.717) is 6.42 Å². The van der Waals surface area contributed by atoms with E-state index in [0.717, 1.165) is 17.1 Å². The van der Waals surface area contributed by atoms with Crippen LogP contribution < -0.4 is 11.4 Å². The highest BCUT2D eigenvalue weighted by Crippen LogP contribution is 2.33. The smallest absolute Gasteiger partial charge is 0.321 e. The average molecular weight is 300 g/mol. The lowest BCUT2D eigenvalue weighted by Gasteiger charge is -2.16. The molecule has 0 saturated heterocycles. The molecule has 0 spiro atoms. The van der Waals surface area contributed by atoms with E-state index in [1.54, 1.807) is 0 Å². The summed E-state index contributed by atoms with van der Waals surface area (Å²) >= 11 is 0. The van der Waals surface area contributed by atoms with Gasteiger partial charge in [-0.05, 0) is 18.6 Å². The number of halogens is 3. The van der Waals surface area contributed by atoms with E-state index in [1.807, 2.05) is 6.92 Å². The molecule has 21 heavy (non-hydrogen) atoms. The van der Waals surface area contributed by atoms with Gasteiger partial charge in [-0.15, -0.1) is 0 Å². The molecule has 8 heteroatoms. The molecule has 114 valence electrons. The Morgan fingerprint density at radius 2 is 2.05 bits per heavy atom. The molecule has 2 aromatic rings. The standard InChI is InChI=1S/C13H15F3N4O/c1-2-5-9(17)11-18-19-12(21)20(11)10-7-4-3-6-8(10)13(14,15)16/h3-4,6-7,9H,2,5,17H2,1H3,(H,19,21). The van der Waals surface area contributed by atoms with Crippen molar-refractivity contribution < 1.29 is 13.2 Å². The van der Waals surface area contributed by atoms with Crippen LogP contribution >= 0.6 is 0 Å². The normalized spacial score (nSPS) is 13.4. The largest absolute Gasteiger partial charge is 0.418 e. The van der Waals surface area contributed by atoms with Crippen LogP contribution in [0.5, 0.6) is 0 Å². The fourth-order valence-corrected chi connectivity index (χ4v) is 2.14. The zero-order valence-corrected chi connectivity index (χ0v) is 11.3. The Morgan fingerprint density at radius 1 is 1.38 bits per heavy atom. The van der Waals surface area contributed by atoms with Crippen LogP contribution in [0.15, 0.2) is 29.1 Å². The number of aromatic nitrogens is 3. The van der Waals surface area contributed by atoms with Gasteiger partial charge in [0.15, 0.2) is 5.82 Å². The van der Waals surface area contributed by atoms with Crippen molar-refractivity contribution in [2.24, 2.45) is 5.73 Å². The van der Waals surface area contributed by atoms with E-state index in [2.05, 4.69) is 10.2 Å². The minimum atomic E-state index is -4.57. The van der Waals surface area contributed by atoms with Gasteiger partial charge in [-0.1, -0.05) is 25.5 Å². The predicted molar refractivity (Wildman–Crippen MR) is 71.0 cm³/mol. The Hall–Kier alpha value is -2.09. The first-order valence-corrected chi connectivity index (χ1v) is 6.45. The molecule has 1 atom stereocenters. The first-order chi connectivity index (χ1) is 9.86. The maximum atomic E-state index is 13.1. The average Bonchev–Trinajstić information content (AvgIpc) is 2.80. The summed E-state index contributed by atoms with van der Waals surface area (Å²) in [5, 5.41) is 5.93. The van der Waals surface area contributed by atoms with Crippen molar-refractivity contribution in [3.63, 3.8) is 0 Å². The molecular formula is C13H15F3N4O. The number of rotatable bonds is 4. The van der Waals surface area contributed by atoms with Gasteiger partial charge in [-0.25, -0.2) is 14.5 Å². The van der Waals surface area contributed by atoms with Gasteiger partial charge in [-0.2, -0.15) is 18.3 Å². The predicted octanol–water partition coefficient (Wildman–Crippen LogP) is 2.38. The maximum Gasteiger partial charge on any atom is 0.418 e. The fraction of sp³-hybridized carbons (Fsp3) is 0.385. The van der Waals surface area contributed by atoms with Crippen molar-refractivity contribution in [2.75, 3.05) is 0 Å². The number of hydrogen-bond donors (Lipinski definition) is 2. The molecule has 0 aliphatic heterocycles. The number of alkyl halides is 3. The summed E-state index contributed by atoms with van der Waals surface area (Å²) < 4.78 is 40.1. The maximum absolute atomic E-state index is 13.1. The minimum absolute atomic E-state index is 0.0959. The Bertz CT molecular complexity index is 675. The van der Waals surface area contributed by atoms with E-state index in [9.17, 15) is 18.0 Å². The van der Waals surface area contributed by atoms with Gasteiger partial charge >= 0.3 is 11.9 Å². The van der Waals surface area contributed by atoms with Crippen LogP contribution in [0.25, 0.3) is 5.69 Å². The SMILES string of the molecule is CCCC(N)c1n[nH]c(=O)n1-c1ccccc1C(F)(F)F. The summed E-state index contributed by atoms with van der Waals surface area (Å²) in [6.45, 7) is 1.89. The molecule has 0 aliphatic carbocycles. The van der Waals surface area contributed by atoms with Crippen molar-refractivity contribution in [3.8, 4) is 5.69 Å². The van der Waals surface area contributed by atoms with E-state index in [1.165, 1.54) is 18.2 Å². The second-order valence-corrected chi connectivity index (χ2v) is 4.63. The lowest BCUT2D eigenvalue weighted by molar-refractivity contribution is -0.137. The van der Waals surface area contributed by atoms with Crippen LogP contribution in [0.3, 0.4) is 0 Å². The summed E-state index contributed by atoms with van der Waals surface area (Å²) in [7, 11) is 0. The molecule has 1 aromatic carbocycles. The molecule has 0 amide bonds. The van der Waals surface area contributed by atoms with Crippen LogP contribution in [0.1, 0.15) is 37.2 Å². The molecule has 0 fully saturated rings. The quantitative estimate of drug-likeness (QED) is 0.910. The first kappa shape index (κ1) is 15.3. The summed E-state index contributed by atoms with van der Waals surface area (Å²) in [6, 6.07) is 4.23. The molecule has 2 rings (SSSR count). The molecule has 0 aliphatic rings. The molecule has 0 saturated carbocycles. The number of nitrogens with zero attached hydrogens (tertiary/aromatic N) is 2. The molecule has 3 N–H and O–H groups in total. The fourth-order valence-electron chi connectivity index (χ4n) is 2.14. The van der Waals surface area contributed by atoms with E-state index < -0.39 is 23.5 Å². The third-order valence-corrected chi connectivity index (χ3v) is 3.08. The summed E-state index contributed by atoms with van der Waals surface area (Å²) in [5.74, 6) is 0.0959. The number of H-pyrrole nitrogens is 1. The van der Waals surface area contributed by atoms with Gasteiger partial charge in [0, 0.05) is 0 Å². The zero-order chi connectivity index (χ0) is 15.6. The van der Waals surface area contributed by atoms with Crippen LogP contribution in [0, 0.1) is 0 Å². The highest BCUT2D eigenvalue weighted by molar-refractivity contribution is 5.43. The van der Waals surface area contributed by atoms with Gasteiger partial charge < -0.3 is 5.73 Å². The summed E-state index contributed by atoms with van der Waals surface area (Å²) in [4.78, 5) is 11.9. The Labute approximate surface area is 118 Å². The van der Waals surface area contributed by atoms with Crippen LogP contribution in [-0.2, 0) is 6.18 Å². The third-order valence-electron chi connectivity index (χ3n) is 3.08. The lowest BCUT2D eigenvalue weighted by atomic mass is 10.1. The topological polar surface area (TPSA) is 76.7 Å². The first-order valence-electron chi connectivity index (χ1n) is 6.45. The molecule has 0 bridgehead atoms. The van der Waals surface area contributed by atoms with E-state index in [-0.39, 0.29) is 11.5 Å². The van der Waals surface area contributed by atoms with Crippen molar-refractivity contribution in [1.29, 1.82) is 0 Å². The lowest BCUT2D eigenvalue weighted by Crippen LogP contribution is -2.24. The van der Waals surface area contributed by atoms with Crippen molar-refractivity contribution >= 4 is 0 Å². The number of nitrogens with two attached hydrogens (primary N) is 1. The number of aromatic amines is 1. The Morgan fingerprint density at radius 3 is 2.67 bits per heavy atom. The van der Waals surface area contributed by atoms with Gasteiger partial charge in [0.05, 0.1) is 17.3 Å². The van der Waals surface area contributed by atoms with Gasteiger partial charge in [0.1, 0.15) is 0 Å². The number of hydrogen-bond acceptors (Lipinski definition) is 3. The summed E-state index contributed by atoms with van der Waals surface area (Å²) in [6.07, 6.45) is -3.33. The van der Waals surface area contributed by atoms with Gasteiger partial charge in [0.25, 0.3) is 0 Å². The molecule has 5 nitrogen and oxygen atoms in total. The number of benzene rings is 1. The van der Waals surface area contributed by atoms with E-state index >= 15 is 0 Å². The van der Waals surface area contributed by atoms with E-state index in [4.69, 9.17) is 5.73 Å². The molecular weight excluding hydrogens is 285 g/mol. The number of para-hydroxylation sites is 1. The monoisotopic (exact) mass is 300 g/mol. The Balaban J connectivity index is 2.63. The summed E-state index contributed by atoms with van der Waals surface area (Å²) in [5.41, 5.74) is 3.97. The number of nitrogens with one attached hydrogen (secondary N) is 1. The third kappa shape index (κ3) is 2.99. The van der Waals surface area contributed by atoms with Crippen LogP contribution in [0.2, 0.25) is 0 Å².